The highest BCUT2D eigenvalue weighted by Crippen LogP contribution is 2.33. The van der Waals surface area contributed by atoms with Crippen LogP contribution in [0, 0.1) is 10.1 Å². The summed E-state index contributed by atoms with van der Waals surface area (Å²) in [5, 5.41) is 10.8. The summed E-state index contributed by atoms with van der Waals surface area (Å²) in [4.78, 5) is 9.48. The first kappa shape index (κ1) is 17.8. The number of halogens is 1. The van der Waals surface area contributed by atoms with Crippen LogP contribution in [0.5, 0.6) is 0 Å². The molecule has 1 rings (SSSR count). The number of anilines is 1. The Kier molecular flexibility index (Phi) is 5.27. The summed E-state index contributed by atoms with van der Waals surface area (Å²) in [7, 11) is -8.84. The van der Waals surface area contributed by atoms with E-state index in [9.17, 15) is 26.9 Å². The Morgan fingerprint density at radius 3 is 2.38 bits per heavy atom. The molecular formula is C8H9BrN2O8S2. The zero-order valence-corrected chi connectivity index (χ0v) is 13.3. The number of hydrogen-bond acceptors (Lipinski definition) is 8. The summed E-state index contributed by atoms with van der Waals surface area (Å²) >= 11 is 2.90. The molecule has 1 aromatic carbocycles. The molecule has 0 unspecified atom stereocenters. The number of hydrogen-bond donors (Lipinski definition) is 2. The second kappa shape index (κ2) is 6.23. The fourth-order valence-corrected chi connectivity index (χ4v) is 3.40. The van der Waals surface area contributed by atoms with E-state index in [1.165, 1.54) is 0 Å². The van der Waals surface area contributed by atoms with Crippen LogP contribution in [0.25, 0.3) is 0 Å². The van der Waals surface area contributed by atoms with E-state index in [-0.39, 0.29) is 10.2 Å². The van der Waals surface area contributed by atoms with E-state index in [1.54, 1.807) is 0 Å². The van der Waals surface area contributed by atoms with Gasteiger partial charge in [0.2, 0.25) is 0 Å². The Labute approximate surface area is 128 Å². The maximum Gasteiger partial charge on any atom is 0.397 e. The van der Waals surface area contributed by atoms with Crippen LogP contribution in [0.1, 0.15) is 0 Å². The van der Waals surface area contributed by atoms with Gasteiger partial charge >= 0.3 is 10.4 Å². The molecule has 0 bridgehead atoms. The summed E-state index contributed by atoms with van der Waals surface area (Å²) in [5.41, 5.74) is 4.58. The van der Waals surface area contributed by atoms with Gasteiger partial charge in [-0.15, -0.1) is 0 Å². The average molecular weight is 405 g/mol. The molecule has 0 aliphatic carbocycles. The molecule has 3 N–H and O–H groups in total. The summed E-state index contributed by atoms with van der Waals surface area (Å²) in [6.07, 6.45) is 0. The predicted octanol–water partition coefficient (Wildman–Crippen LogP) is 0.533. The largest absolute Gasteiger partial charge is 0.397 e. The third-order valence-electron chi connectivity index (χ3n) is 2.22. The molecule has 10 nitrogen and oxygen atoms in total. The normalized spacial score (nSPS) is 12.3. The van der Waals surface area contributed by atoms with E-state index in [1.807, 2.05) is 0 Å². The highest BCUT2D eigenvalue weighted by Gasteiger charge is 2.23. The second-order valence-corrected chi connectivity index (χ2v) is 7.72. The summed E-state index contributed by atoms with van der Waals surface area (Å²) in [5.74, 6) is -0.805. The number of sulfone groups is 1. The Balaban J connectivity index is 3.12. The van der Waals surface area contributed by atoms with Crippen LogP contribution in [0.4, 0.5) is 11.4 Å². The van der Waals surface area contributed by atoms with Crippen molar-refractivity contribution in [2.24, 2.45) is 0 Å². The van der Waals surface area contributed by atoms with Crippen molar-refractivity contribution in [2.75, 3.05) is 18.1 Å². The molecule has 0 spiro atoms. The van der Waals surface area contributed by atoms with Crippen molar-refractivity contribution in [3.63, 3.8) is 0 Å². The number of nitro benzene ring substituents is 1. The maximum absolute atomic E-state index is 11.9. The average Bonchev–Trinajstić information content (AvgIpc) is 2.29. The van der Waals surface area contributed by atoms with E-state index in [0.29, 0.717) is 0 Å². The summed E-state index contributed by atoms with van der Waals surface area (Å²) < 4.78 is 56.7. The van der Waals surface area contributed by atoms with Gasteiger partial charge in [0.25, 0.3) is 5.69 Å². The molecule has 13 heteroatoms. The van der Waals surface area contributed by atoms with Gasteiger partial charge in [-0.2, -0.15) is 8.42 Å². The number of nitrogens with zero attached hydrogens (tertiary/aromatic N) is 1. The lowest BCUT2D eigenvalue weighted by molar-refractivity contribution is -0.384. The van der Waals surface area contributed by atoms with Gasteiger partial charge in [-0.3, -0.25) is 14.7 Å². The quantitative estimate of drug-likeness (QED) is 0.297. The fourth-order valence-electron chi connectivity index (χ4n) is 1.28. The number of rotatable bonds is 6. The summed E-state index contributed by atoms with van der Waals surface area (Å²) in [6.45, 7) is -0.836. The van der Waals surface area contributed by atoms with Crippen molar-refractivity contribution < 1.29 is 30.5 Å². The highest BCUT2D eigenvalue weighted by atomic mass is 79.9. The van der Waals surface area contributed by atoms with Crippen molar-refractivity contribution in [2.45, 2.75) is 4.90 Å². The Bertz CT molecular complexity index is 774. The monoisotopic (exact) mass is 404 g/mol. The first-order valence-electron chi connectivity index (χ1n) is 5.02. The SMILES string of the molecule is Nc1c(Br)cc(S(=O)(=O)CCOS(=O)(=O)O)cc1[N+](=O)[O-]. The van der Waals surface area contributed by atoms with Crippen molar-refractivity contribution in [3.8, 4) is 0 Å². The van der Waals surface area contributed by atoms with E-state index < -0.39 is 48.1 Å². The van der Waals surface area contributed by atoms with Crippen LogP contribution in [0.15, 0.2) is 21.5 Å². The molecule has 0 fully saturated rings. The Morgan fingerprint density at radius 2 is 1.90 bits per heavy atom. The molecule has 0 aliphatic rings. The molecule has 0 atom stereocenters. The standard InChI is InChI=1S/C8H9BrN2O8S2/c9-6-3-5(4-7(8(6)10)11(12)13)20(14,15)2-1-19-21(16,17)18/h3-4H,1-2,10H2,(H,16,17,18). The maximum atomic E-state index is 11.9. The van der Waals surface area contributed by atoms with Crippen LogP contribution >= 0.6 is 15.9 Å². The second-order valence-electron chi connectivity index (χ2n) is 3.66. The van der Waals surface area contributed by atoms with Gasteiger partial charge in [-0.25, -0.2) is 12.6 Å². The molecule has 0 saturated carbocycles. The van der Waals surface area contributed by atoms with E-state index in [4.69, 9.17) is 10.3 Å². The molecule has 0 aromatic heterocycles. The van der Waals surface area contributed by atoms with E-state index in [0.717, 1.165) is 12.1 Å². The van der Waals surface area contributed by atoms with Crippen molar-refractivity contribution >= 4 is 47.5 Å². The Hall–Kier alpha value is -1.28. The van der Waals surface area contributed by atoms with Gasteiger partial charge in [0.05, 0.1) is 22.2 Å². The number of nitrogens with two attached hydrogens (primary N) is 1. The minimum absolute atomic E-state index is 0.00553. The van der Waals surface area contributed by atoms with E-state index >= 15 is 0 Å². The number of benzene rings is 1. The van der Waals surface area contributed by atoms with Crippen LogP contribution in [0.3, 0.4) is 0 Å². The van der Waals surface area contributed by atoms with Crippen LogP contribution < -0.4 is 5.73 Å². The lowest BCUT2D eigenvalue weighted by atomic mass is 10.3. The smallest absolute Gasteiger partial charge is 0.392 e. The third kappa shape index (κ3) is 4.89. The van der Waals surface area contributed by atoms with Gasteiger partial charge in [-0.05, 0) is 22.0 Å². The molecule has 0 heterocycles. The van der Waals surface area contributed by atoms with Crippen molar-refractivity contribution in [1.29, 1.82) is 0 Å². The first-order valence-corrected chi connectivity index (χ1v) is 8.83. The molecule has 118 valence electrons. The molecule has 0 saturated heterocycles. The predicted molar refractivity (Wildman–Crippen MR) is 74.8 cm³/mol. The zero-order valence-electron chi connectivity index (χ0n) is 10.1. The lowest BCUT2D eigenvalue weighted by Gasteiger charge is -2.07. The minimum atomic E-state index is -4.77. The number of nitro groups is 1. The van der Waals surface area contributed by atoms with Gasteiger partial charge in [-0.1, -0.05) is 0 Å². The molecule has 0 aliphatic heterocycles. The molecule has 0 amide bonds. The van der Waals surface area contributed by atoms with Crippen molar-refractivity contribution in [3.05, 3.63) is 26.7 Å². The van der Waals surface area contributed by atoms with Gasteiger partial charge in [0.15, 0.2) is 9.84 Å². The minimum Gasteiger partial charge on any atom is -0.392 e. The van der Waals surface area contributed by atoms with Gasteiger partial charge in [0, 0.05) is 10.5 Å². The van der Waals surface area contributed by atoms with Crippen molar-refractivity contribution in [1.82, 2.24) is 0 Å². The molecule has 1 aromatic rings. The molecule has 0 radical (unpaired) electrons. The van der Waals surface area contributed by atoms with Gasteiger partial charge < -0.3 is 5.73 Å². The van der Waals surface area contributed by atoms with Crippen LogP contribution in [-0.2, 0) is 24.4 Å². The Morgan fingerprint density at radius 1 is 1.33 bits per heavy atom. The topological polar surface area (TPSA) is 167 Å². The molecular weight excluding hydrogens is 396 g/mol. The third-order valence-corrected chi connectivity index (χ3v) is 5.00. The highest BCUT2D eigenvalue weighted by molar-refractivity contribution is 9.10. The fraction of sp³-hybridized carbons (Fsp3) is 0.250. The van der Waals surface area contributed by atoms with Gasteiger partial charge in [0.1, 0.15) is 5.69 Å². The van der Waals surface area contributed by atoms with E-state index in [2.05, 4.69) is 20.1 Å². The number of nitrogen functional groups attached to an aromatic ring is 1. The van der Waals surface area contributed by atoms with Crippen LogP contribution in [0.2, 0.25) is 0 Å². The first-order chi connectivity index (χ1) is 9.44. The zero-order chi connectivity index (χ0) is 16.4. The van der Waals surface area contributed by atoms with Crippen LogP contribution in [-0.4, -0.2) is 38.7 Å². The molecule has 21 heavy (non-hydrogen) atoms. The lowest BCUT2D eigenvalue weighted by Crippen LogP contribution is -2.16. The summed E-state index contributed by atoms with van der Waals surface area (Å²) in [6, 6.07) is 1.80.